The molecule has 1 saturated heterocycles. The Morgan fingerprint density at radius 2 is 2.10 bits per heavy atom. The van der Waals surface area contributed by atoms with Crippen LogP contribution in [0.3, 0.4) is 0 Å². The number of rotatable bonds is 3. The molecule has 2 rings (SSSR count). The van der Waals surface area contributed by atoms with E-state index in [1.54, 1.807) is 19.1 Å². The fourth-order valence-electron chi connectivity index (χ4n) is 2.42. The molecule has 1 aliphatic rings. The van der Waals surface area contributed by atoms with E-state index < -0.39 is 0 Å². The molecule has 0 radical (unpaired) electrons. The predicted molar refractivity (Wildman–Crippen MR) is 78.4 cm³/mol. The van der Waals surface area contributed by atoms with E-state index in [2.05, 4.69) is 22.5 Å². The van der Waals surface area contributed by atoms with Crippen molar-refractivity contribution in [1.82, 2.24) is 10.2 Å². The van der Waals surface area contributed by atoms with E-state index in [0.29, 0.717) is 11.3 Å². The molecule has 1 fully saturated rings. The van der Waals surface area contributed by atoms with Crippen LogP contribution in [0.15, 0.2) is 18.2 Å². The van der Waals surface area contributed by atoms with Gasteiger partial charge in [-0.1, -0.05) is 13.0 Å². The summed E-state index contributed by atoms with van der Waals surface area (Å²) in [7, 11) is 0. The van der Waals surface area contributed by atoms with E-state index in [0.717, 1.165) is 32.5 Å². The van der Waals surface area contributed by atoms with Gasteiger partial charge in [-0.3, -0.25) is 0 Å². The van der Waals surface area contributed by atoms with Crippen LogP contribution in [-0.2, 0) is 0 Å². The monoisotopic (exact) mass is 279 g/mol. The molecule has 20 heavy (non-hydrogen) atoms. The van der Waals surface area contributed by atoms with E-state index in [1.807, 2.05) is 0 Å². The van der Waals surface area contributed by atoms with E-state index in [9.17, 15) is 9.18 Å². The number of carbonyl (C=O) groups excluding carboxylic acids is 1. The summed E-state index contributed by atoms with van der Waals surface area (Å²) in [5.41, 5.74) is 1.06. The Morgan fingerprint density at radius 1 is 1.40 bits per heavy atom. The van der Waals surface area contributed by atoms with Gasteiger partial charge >= 0.3 is 6.03 Å². The number of benzene rings is 1. The molecule has 0 aromatic heterocycles. The van der Waals surface area contributed by atoms with Crippen molar-refractivity contribution in [3.05, 3.63) is 29.6 Å². The number of likely N-dealkylation sites (tertiary alicyclic amines) is 1. The van der Waals surface area contributed by atoms with Crippen molar-refractivity contribution in [3.63, 3.8) is 0 Å². The number of carbonyl (C=O) groups is 1. The van der Waals surface area contributed by atoms with Gasteiger partial charge in [-0.2, -0.15) is 0 Å². The Bertz CT molecular complexity index is 470. The first-order valence-electron chi connectivity index (χ1n) is 7.14. The Hall–Kier alpha value is -1.62. The largest absolute Gasteiger partial charge is 0.335 e. The lowest BCUT2D eigenvalue weighted by Crippen LogP contribution is -2.45. The lowest BCUT2D eigenvalue weighted by atomic mass is 10.1. The van der Waals surface area contributed by atoms with Crippen LogP contribution < -0.4 is 10.6 Å². The molecule has 1 aromatic rings. The zero-order valence-electron chi connectivity index (χ0n) is 12.1. The van der Waals surface area contributed by atoms with Crippen LogP contribution in [0.5, 0.6) is 0 Å². The molecule has 0 spiro atoms. The van der Waals surface area contributed by atoms with Gasteiger partial charge in [-0.25, -0.2) is 9.18 Å². The Morgan fingerprint density at radius 3 is 2.70 bits per heavy atom. The molecular formula is C15H22FN3O. The summed E-state index contributed by atoms with van der Waals surface area (Å²) in [6.07, 6.45) is 1.92. The molecule has 1 aliphatic heterocycles. The van der Waals surface area contributed by atoms with Crippen molar-refractivity contribution in [3.8, 4) is 0 Å². The molecule has 4 nitrogen and oxygen atoms in total. The minimum absolute atomic E-state index is 0.202. The third-order valence-electron chi connectivity index (χ3n) is 3.80. The molecule has 0 aliphatic carbocycles. The molecule has 0 unspecified atom stereocenters. The summed E-state index contributed by atoms with van der Waals surface area (Å²) in [6, 6.07) is 4.65. The molecule has 2 N–H and O–H groups in total. The van der Waals surface area contributed by atoms with Crippen molar-refractivity contribution >= 4 is 11.7 Å². The fraction of sp³-hybridized carbons (Fsp3) is 0.533. The van der Waals surface area contributed by atoms with Gasteiger partial charge in [0.2, 0.25) is 0 Å². The van der Waals surface area contributed by atoms with Crippen LogP contribution >= 0.6 is 0 Å². The highest BCUT2D eigenvalue weighted by Crippen LogP contribution is 2.14. The SMILES string of the molecule is CCN1CCC(NC(=O)Nc2ccc(C)c(F)c2)CC1. The lowest BCUT2D eigenvalue weighted by Gasteiger charge is -2.31. The maximum Gasteiger partial charge on any atom is 0.319 e. The number of piperidine rings is 1. The average molecular weight is 279 g/mol. The topological polar surface area (TPSA) is 44.4 Å². The van der Waals surface area contributed by atoms with Crippen LogP contribution in [0.1, 0.15) is 25.3 Å². The van der Waals surface area contributed by atoms with Crippen LogP contribution in [-0.4, -0.2) is 36.6 Å². The highest BCUT2D eigenvalue weighted by molar-refractivity contribution is 5.89. The van der Waals surface area contributed by atoms with Gasteiger partial charge in [0.1, 0.15) is 5.82 Å². The number of nitrogens with zero attached hydrogens (tertiary/aromatic N) is 1. The van der Waals surface area contributed by atoms with Gasteiger partial charge < -0.3 is 15.5 Å². The van der Waals surface area contributed by atoms with E-state index >= 15 is 0 Å². The first-order valence-corrected chi connectivity index (χ1v) is 7.14. The number of amides is 2. The molecule has 5 heteroatoms. The Labute approximate surface area is 119 Å². The molecule has 0 saturated carbocycles. The van der Waals surface area contributed by atoms with Gasteiger partial charge in [0.25, 0.3) is 0 Å². The smallest absolute Gasteiger partial charge is 0.319 e. The zero-order valence-corrected chi connectivity index (χ0v) is 12.1. The summed E-state index contributed by atoms with van der Waals surface area (Å²) in [5.74, 6) is -0.306. The normalized spacial score (nSPS) is 16.9. The van der Waals surface area contributed by atoms with Gasteiger partial charge in [0.05, 0.1) is 0 Å². The third-order valence-corrected chi connectivity index (χ3v) is 3.80. The van der Waals surface area contributed by atoms with Gasteiger partial charge in [0.15, 0.2) is 0 Å². The van der Waals surface area contributed by atoms with Crippen LogP contribution in [0, 0.1) is 12.7 Å². The number of halogens is 1. The Balaban J connectivity index is 1.82. The number of anilines is 1. The Kier molecular flexibility index (Phi) is 4.95. The summed E-state index contributed by atoms with van der Waals surface area (Å²) in [6.45, 7) is 6.93. The molecule has 110 valence electrons. The van der Waals surface area contributed by atoms with Crippen molar-refractivity contribution in [1.29, 1.82) is 0 Å². The first-order chi connectivity index (χ1) is 9.58. The van der Waals surface area contributed by atoms with E-state index in [-0.39, 0.29) is 17.9 Å². The second-order valence-corrected chi connectivity index (χ2v) is 5.27. The zero-order chi connectivity index (χ0) is 14.5. The van der Waals surface area contributed by atoms with Crippen molar-refractivity contribution < 1.29 is 9.18 Å². The van der Waals surface area contributed by atoms with Gasteiger partial charge in [0, 0.05) is 24.8 Å². The average Bonchev–Trinajstić information content (AvgIpc) is 2.44. The first kappa shape index (κ1) is 14.8. The summed E-state index contributed by atoms with van der Waals surface area (Å²) in [5, 5.41) is 5.63. The molecule has 1 heterocycles. The third kappa shape index (κ3) is 3.93. The second kappa shape index (κ2) is 6.70. The maximum absolute atomic E-state index is 13.4. The molecule has 0 atom stereocenters. The highest BCUT2D eigenvalue weighted by atomic mass is 19.1. The summed E-state index contributed by atoms with van der Waals surface area (Å²) >= 11 is 0. The number of nitrogens with one attached hydrogen (secondary N) is 2. The molecular weight excluding hydrogens is 257 g/mol. The van der Waals surface area contributed by atoms with Gasteiger partial charge in [-0.05, 0) is 44.0 Å². The van der Waals surface area contributed by atoms with Crippen molar-refractivity contribution in [2.45, 2.75) is 32.7 Å². The molecule has 2 amide bonds. The van der Waals surface area contributed by atoms with E-state index in [4.69, 9.17) is 0 Å². The molecule has 1 aromatic carbocycles. The second-order valence-electron chi connectivity index (χ2n) is 5.27. The number of hydrogen-bond acceptors (Lipinski definition) is 2. The summed E-state index contributed by atoms with van der Waals surface area (Å²) in [4.78, 5) is 14.2. The van der Waals surface area contributed by atoms with Crippen molar-refractivity contribution in [2.75, 3.05) is 25.0 Å². The van der Waals surface area contributed by atoms with E-state index in [1.165, 1.54) is 6.07 Å². The fourth-order valence-corrected chi connectivity index (χ4v) is 2.42. The van der Waals surface area contributed by atoms with Gasteiger partial charge in [-0.15, -0.1) is 0 Å². The highest BCUT2D eigenvalue weighted by Gasteiger charge is 2.19. The quantitative estimate of drug-likeness (QED) is 0.893. The summed E-state index contributed by atoms with van der Waals surface area (Å²) < 4.78 is 13.4. The number of aryl methyl sites for hydroxylation is 1. The van der Waals surface area contributed by atoms with Crippen LogP contribution in [0.25, 0.3) is 0 Å². The lowest BCUT2D eigenvalue weighted by molar-refractivity contribution is 0.203. The standard InChI is InChI=1S/C15H22FN3O/c1-3-19-8-6-12(7-9-19)17-15(20)18-13-5-4-11(2)14(16)10-13/h4-5,10,12H,3,6-9H2,1-2H3,(H2,17,18,20). The number of hydrogen-bond donors (Lipinski definition) is 2. The van der Waals surface area contributed by atoms with Crippen molar-refractivity contribution in [2.24, 2.45) is 0 Å². The minimum atomic E-state index is -0.306. The number of urea groups is 1. The van der Waals surface area contributed by atoms with Crippen LogP contribution in [0.2, 0.25) is 0 Å². The molecule has 0 bridgehead atoms. The minimum Gasteiger partial charge on any atom is -0.335 e. The predicted octanol–water partition coefficient (Wildman–Crippen LogP) is 2.74. The van der Waals surface area contributed by atoms with Crippen LogP contribution in [0.4, 0.5) is 14.9 Å². The maximum atomic E-state index is 13.4.